The molecule has 0 saturated heterocycles. The second-order valence-corrected chi connectivity index (χ2v) is 5.77. The van der Waals surface area contributed by atoms with Gasteiger partial charge in [0, 0.05) is 6.42 Å². The minimum Gasteiger partial charge on any atom is -0.385 e. The van der Waals surface area contributed by atoms with Crippen molar-refractivity contribution in [2.45, 2.75) is 31.3 Å². The Morgan fingerprint density at radius 2 is 2.24 bits per heavy atom. The van der Waals surface area contributed by atoms with Gasteiger partial charge in [-0.15, -0.1) is 11.3 Å². The van der Waals surface area contributed by atoms with Crippen molar-refractivity contribution >= 4 is 21.6 Å². The molecule has 0 radical (unpaired) electrons. The van der Waals surface area contributed by atoms with Crippen LogP contribution in [0.4, 0.5) is 0 Å². The van der Waals surface area contributed by atoms with Gasteiger partial charge in [0.2, 0.25) is 0 Å². The van der Waals surface area contributed by atoms with Gasteiger partial charge in [0.25, 0.3) is 0 Å². The third kappa shape index (κ3) is 2.26. The predicted molar refractivity (Wildman–Crippen MR) is 71.3 cm³/mol. The van der Waals surface area contributed by atoms with Gasteiger partial charge in [-0.3, -0.25) is 0 Å². The van der Waals surface area contributed by atoms with Gasteiger partial charge < -0.3 is 5.11 Å². The average Bonchev–Trinajstić information content (AvgIpc) is 2.71. The van der Waals surface area contributed by atoms with Crippen molar-refractivity contribution in [1.82, 2.24) is 4.98 Å². The second-order valence-electron chi connectivity index (χ2n) is 4.65. The van der Waals surface area contributed by atoms with Crippen LogP contribution in [0.15, 0.2) is 36.4 Å². The van der Waals surface area contributed by atoms with Crippen molar-refractivity contribution in [2.24, 2.45) is 0 Å². The van der Waals surface area contributed by atoms with Crippen LogP contribution in [0.25, 0.3) is 10.2 Å². The number of aliphatic hydroxyl groups is 1. The highest BCUT2D eigenvalue weighted by Crippen LogP contribution is 2.29. The first-order chi connectivity index (χ1) is 8.25. The molecule has 88 valence electrons. The van der Waals surface area contributed by atoms with E-state index in [2.05, 4.69) is 17.1 Å². The minimum absolute atomic E-state index is 0.642. The predicted octanol–water partition coefficient (Wildman–Crippen LogP) is 3.31. The van der Waals surface area contributed by atoms with Gasteiger partial charge >= 0.3 is 0 Å². The van der Waals surface area contributed by atoms with Crippen LogP contribution >= 0.6 is 11.3 Å². The van der Waals surface area contributed by atoms with E-state index in [1.165, 1.54) is 4.70 Å². The van der Waals surface area contributed by atoms with Crippen LogP contribution in [0.5, 0.6) is 0 Å². The summed E-state index contributed by atoms with van der Waals surface area (Å²) in [4.78, 5) is 4.58. The largest absolute Gasteiger partial charge is 0.385 e. The zero-order valence-corrected chi connectivity index (χ0v) is 10.4. The summed E-state index contributed by atoms with van der Waals surface area (Å²) in [5, 5.41) is 11.5. The maximum atomic E-state index is 10.4. The van der Waals surface area contributed by atoms with Crippen LogP contribution in [0, 0.1) is 0 Å². The highest BCUT2D eigenvalue weighted by molar-refractivity contribution is 7.18. The van der Waals surface area contributed by atoms with E-state index in [4.69, 9.17) is 0 Å². The van der Waals surface area contributed by atoms with E-state index < -0.39 is 5.60 Å². The standard InChI is InChI=1S/C14H15NOS/c16-14(8-4-1-5-9-14)10-13-15-11-6-2-3-7-12(11)17-13/h2-4,6-8,16H,1,5,9-10H2. The van der Waals surface area contributed by atoms with Crippen molar-refractivity contribution in [3.05, 3.63) is 41.4 Å². The summed E-state index contributed by atoms with van der Waals surface area (Å²) in [7, 11) is 0. The number of allylic oxidation sites excluding steroid dienone is 1. The maximum Gasteiger partial charge on any atom is 0.0970 e. The molecule has 0 spiro atoms. The lowest BCUT2D eigenvalue weighted by Crippen LogP contribution is -2.30. The van der Waals surface area contributed by atoms with Gasteiger partial charge in [0.1, 0.15) is 0 Å². The number of para-hydroxylation sites is 1. The van der Waals surface area contributed by atoms with E-state index in [1.54, 1.807) is 11.3 Å². The molecule has 1 N–H and O–H groups in total. The lowest BCUT2D eigenvalue weighted by atomic mass is 9.88. The van der Waals surface area contributed by atoms with Gasteiger partial charge in [0.05, 0.1) is 20.8 Å². The summed E-state index contributed by atoms with van der Waals surface area (Å²) in [6.07, 6.45) is 7.67. The van der Waals surface area contributed by atoms with E-state index in [1.807, 2.05) is 24.3 Å². The molecule has 3 rings (SSSR count). The Morgan fingerprint density at radius 3 is 3.00 bits per heavy atom. The summed E-state index contributed by atoms with van der Waals surface area (Å²) >= 11 is 1.68. The molecular weight excluding hydrogens is 230 g/mol. The Bertz CT molecular complexity index is 527. The molecule has 1 aliphatic carbocycles. The third-order valence-corrected chi connectivity index (χ3v) is 4.24. The number of hydrogen-bond donors (Lipinski definition) is 1. The number of rotatable bonds is 2. The maximum absolute atomic E-state index is 10.4. The van der Waals surface area contributed by atoms with E-state index in [0.29, 0.717) is 6.42 Å². The quantitative estimate of drug-likeness (QED) is 0.823. The van der Waals surface area contributed by atoms with Crippen LogP contribution < -0.4 is 0 Å². The van der Waals surface area contributed by atoms with Crippen LogP contribution in [-0.4, -0.2) is 15.7 Å². The summed E-state index contributed by atoms with van der Waals surface area (Å²) < 4.78 is 1.20. The number of aromatic nitrogens is 1. The van der Waals surface area contributed by atoms with Crippen LogP contribution in [0.3, 0.4) is 0 Å². The normalized spacial score (nSPS) is 24.3. The van der Waals surface area contributed by atoms with Gasteiger partial charge in [-0.2, -0.15) is 0 Å². The summed E-state index contributed by atoms with van der Waals surface area (Å²) in [5.74, 6) is 0. The highest BCUT2D eigenvalue weighted by Gasteiger charge is 2.26. The first-order valence-corrected chi connectivity index (χ1v) is 6.81. The molecule has 1 unspecified atom stereocenters. The fraction of sp³-hybridized carbons (Fsp3) is 0.357. The molecule has 0 amide bonds. The monoisotopic (exact) mass is 245 g/mol. The number of hydrogen-bond acceptors (Lipinski definition) is 3. The third-order valence-electron chi connectivity index (χ3n) is 3.20. The van der Waals surface area contributed by atoms with E-state index in [0.717, 1.165) is 29.8 Å². The molecule has 1 heterocycles. The number of thiazole rings is 1. The van der Waals surface area contributed by atoms with Crippen molar-refractivity contribution in [3.8, 4) is 0 Å². The van der Waals surface area contributed by atoms with Gasteiger partial charge in [-0.1, -0.05) is 24.3 Å². The smallest absolute Gasteiger partial charge is 0.0970 e. The van der Waals surface area contributed by atoms with Gasteiger partial charge in [0.15, 0.2) is 0 Å². The average molecular weight is 245 g/mol. The van der Waals surface area contributed by atoms with Crippen molar-refractivity contribution < 1.29 is 5.11 Å². The number of nitrogens with zero attached hydrogens (tertiary/aromatic N) is 1. The Kier molecular flexibility index (Phi) is 2.73. The first kappa shape index (κ1) is 10.9. The van der Waals surface area contributed by atoms with Crippen LogP contribution in [0.2, 0.25) is 0 Å². The van der Waals surface area contributed by atoms with E-state index >= 15 is 0 Å². The minimum atomic E-state index is -0.674. The molecule has 1 atom stereocenters. The molecule has 3 heteroatoms. The lowest BCUT2D eigenvalue weighted by Gasteiger charge is -2.26. The Labute approximate surface area is 105 Å². The molecule has 2 aromatic rings. The molecule has 1 aliphatic rings. The van der Waals surface area contributed by atoms with Crippen LogP contribution in [0.1, 0.15) is 24.3 Å². The van der Waals surface area contributed by atoms with E-state index in [9.17, 15) is 5.11 Å². The molecule has 0 aliphatic heterocycles. The summed E-state index contributed by atoms with van der Waals surface area (Å²) in [5.41, 5.74) is 0.363. The molecule has 17 heavy (non-hydrogen) atoms. The summed E-state index contributed by atoms with van der Waals surface area (Å²) in [6.45, 7) is 0. The molecule has 1 aromatic carbocycles. The number of benzene rings is 1. The Balaban J connectivity index is 1.89. The summed E-state index contributed by atoms with van der Waals surface area (Å²) in [6, 6.07) is 8.13. The number of fused-ring (bicyclic) bond motifs is 1. The molecular formula is C14H15NOS. The fourth-order valence-electron chi connectivity index (χ4n) is 2.32. The molecule has 2 nitrogen and oxygen atoms in total. The SMILES string of the molecule is OC1(Cc2nc3ccccc3s2)C=CCCC1. The zero-order valence-electron chi connectivity index (χ0n) is 9.60. The Hall–Kier alpha value is -1.19. The van der Waals surface area contributed by atoms with Crippen LogP contribution in [-0.2, 0) is 6.42 Å². The van der Waals surface area contributed by atoms with Crippen molar-refractivity contribution in [1.29, 1.82) is 0 Å². The first-order valence-electron chi connectivity index (χ1n) is 6.00. The van der Waals surface area contributed by atoms with Crippen molar-refractivity contribution in [2.75, 3.05) is 0 Å². The van der Waals surface area contributed by atoms with Gasteiger partial charge in [-0.25, -0.2) is 4.98 Å². The fourth-order valence-corrected chi connectivity index (χ4v) is 3.40. The molecule has 0 bridgehead atoms. The van der Waals surface area contributed by atoms with Gasteiger partial charge in [-0.05, 0) is 31.4 Å². The lowest BCUT2D eigenvalue weighted by molar-refractivity contribution is 0.0751. The molecule has 0 saturated carbocycles. The topological polar surface area (TPSA) is 33.1 Å². The molecule has 1 aromatic heterocycles. The van der Waals surface area contributed by atoms with Crippen molar-refractivity contribution in [3.63, 3.8) is 0 Å². The zero-order chi connectivity index (χ0) is 11.7. The second kappa shape index (κ2) is 4.24. The highest BCUT2D eigenvalue weighted by atomic mass is 32.1. The Morgan fingerprint density at radius 1 is 1.35 bits per heavy atom. The van der Waals surface area contributed by atoms with E-state index in [-0.39, 0.29) is 0 Å². The molecule has 0 fully saturated rings.